The molecule has 1 aromatic carbocycles. The zero-order chi connectivity index (χ0) is 15.6. The van der Waals surface area contributed by atoms with Gasteiger partial charge in [0.05, 0.1) is 11.4 Å². The number of sulfonamides is 1. The molecule has 0 radical (unpaired) electrons. The Morgan fingerprint density at radius 1 is 1.27 bits per heavy atom. The highest BCUT2D eigenvalue weighted by atomic mass is 32.2. The largest absolute Gasteiger partial charge is 0.352 e. The second-order valence-electron chi connectivity index (χ2n) is 5.86. The van der Waals surface area contributed by atoms with Gasteiger partial charge in [-0.2, -0.15) is 0 Å². The van der Waals surface area contributed by atoms with Crippen molar-refractivity contribution in [3.63, 3.8) is 0 Å². The fraction of sp³-hybridized carbons (Fsp3) is 0.438. The first-order chi connectivity index (χ1) is 10.5. The van der Waals surface area contributed by atoms with Crippen molar-refractivity contribution in [3.05, 3.63) is 35.9 Å². The lowest BCUT2D eigenvalue weighted by atomic mass is 10.2. The molecule has 1 aliphatic heterocycles. The molecule has 0 unspecified atom stereocenters. The van der Waals surface area contributed by atoms with Crippen LogP contribution in [0.1, 0.15) is 24.8 Å². The molecule has 0 bridgehead atoms. The number of carbonyl (C=O) groups is 1. The SMILES string of the molecule is O=C(/C=C/c1ccc(N2CCCS2(=O)=O)cc1)NCC1CC1. The maximum Gasteiger partial charge on any atom is 0.244 e. The summed E-state index contributed by atoms with van der Waals surface area (Å²) in [4.78, 5) is 11.6. The summed E-state index contributed by atoms with van der Waals surface area (Å²) in [5.41, 5.74) is 1.56. The van der Waals surface area contributed by atoms with Crippen molar-refractivity contribution >= 4 is 27.7 Å². The van der Waals surface area contributed by atoms with Crippen LogP contribution in [0.4, 0.5) is 5.69 Å². The minimum Gasteiger partial charge on any atom is -0.352 e. The molecule has 0 spiro atoms. The summed E-state index contributed by atoms with van der Waals surface area (Å²) in [6.07, 6.45) is 6.36. The van der Waals surface area contributed by atoms with Crippen LogP contribution in [0.3, 0.4) is 0 Å². The average Bonchev–Trinajstić information content (AvgIpc) is 3.26. The average molecular weight is 320 g/mol. The van der Waals surface area contributed by atoms with Gasteiger partial charge in [-0.3, -0.25) is 9.10 Å². The Balaban J connectivity index is 1.60. The van der Waals surface area contributed by atoms with Gasteiger partial charge in [0.1, 0.15) is 0 Å². The molecule has 118 valence electrons. The molecule has 1 amide bonds. The van der Waals surface area contributed by atoms with Crippen molar-refractivity contribution < 1.29 is 13.2 Å². The first kappa shape index (κ1) is 15.1. The third-order valence-corrected chi connectivity index (χ3v) is 5.84. The molecule has 2 aliphatic rings. The van der Waals surface area contributed by atoms with Crippen LogP contribution in [0, 0.1) is 5.92 Å². The first-order valence-electron chi connectivity index (χ1n) is 7.61. The molecule has 0 aromatic heterocycles. The van der Waals surface area contributed by atoms with Crippen LogP contribution < -0.4 is 9.62 Å². The number of hydrogen-bond donors (Lipinski definition) is 1. The minimum atomic E-state index is -3.14. The lowest BCUT2D eigenvalue weighted by molar-refractivity contribution is -0.116. The van der Waals surface area contributed by atoms with Gasteiger partial charge in [0.15, 0.2) is 0 Å². The molecule has 1 aliphatic carbocycles. The number of nitrogens with zero attached hydrogens (tertiary/aromatic N) is 1. The molecule has 6 heteroatoms. The van der Waals surface area contributed by atoms with E-state index >= 15 is 0 Å². The van der Waals surface area contributed by atoms with E-state index in [9.17, 15) is 13.2 Å². The Bertz CT molecular complexity index is 676. The summed E-state index contributed by atoms with van der Waals surface area (Å²) in [6.45, 7) is 1.30. The Morgan fingerprint density at radius 3 is 2.59 bits per heavy atom. The van der Waals surface area contributed by atoms with E-state index in [0.29, 0.717) is 24.6 Å². The molecule has 5 nitrogen and oxygen atoms in total. The lowest BCUT2D eigenvalue weighted by Gasteiger charge is -2.16. The van der Waals surface area contributed by atoms with E-state index in [1.165, 1.54) is 23.2 Å². The van der Waals surface area contributed by atoms with Crippen molar-refractivity contribution in [2.45, 2.75) is 19.3 Å². The van der Waals surface area contributed by atoms with Gasteiger partial charge in [-0.15, -0.1) is 0 Å². The summed E-state index contributed by atoms with van der Waals surface area (Å²) in [6, 6.07) is 7.22. The molecule has 1 aromatic rings. The third kappa shape index (κ3) is 3.68. The molecule has 22 heavy (non-hydrogen) atoms. The third-order valence-electron chi connectivity index (χ3n) is 3.97. The van der Waals surface area contributed by atoms with Gasteiger partial charge in [-0.1, -0.05) is 12.1 Å². The van der Waals surface area contributed by atoms with Crippen LogP contribution in [0.2, 0.25) is 0 Å². The monoisotopic (exact) mass is 320 g/mol. The normalized spacial score (nSPS) is 20.5. The minimum absolute atomic E-state index is 0.0851. The summed E-state index contributed by atoms with van der Waals surface area (Å²) in [5, 5.41) is 2.87. The number of anilines is 1. The summed E-state index contributed by atoms with van der Waals surface area (Å²) < 4.78 is 25.2. The zero-order valence-electron chi connectivity index (χ0n) is 12.4. The van der Waals surface area contributed by atoms with E-state index in [4.69, 9.17) is 0 Å². The van der Waals surface area contributed by atoms with Crippen LogP contribution >= 0.6 is 0 Å². The Labute approximate surface area is 131 Å². The van der Waals surface area contributed by atoms with Crippen molar-refractivity contribution in [1.82, 2.24) is 5.32 Å². The highest BCUT2D eigenvalue weighted by Gasteiger charge is 2.28. The summed E-state index contributed by atoms with van der Waals surface area (Å²) in [7, 11) is -3.14. The molecule has 1 saturated heterocycles. The van der Waals surface area contributed by atoms with Gasteiger partial charge >= 0.3 is 0 Å². The molecular weight excluding hydrogens is 300 g/mol. The van der Waals surface area contributed by atoms with Crippen molar-refractivity contribution in [3.8, 4) is 0 Å². The Hall–Kier alpha value is -1.82. The van der Waals surface area contributed by atoms with Crippen LogP contribution in [0.25, 0.3) is 6.08 Å². The predicted molar refractivity (Wildman–Crippen MR) is 87.0 cm³/mol. The topological polar surface area (TPSA) is 66.5 Å². The highest BCUT2D eigenvalue weighted by molar-refractivity contribution is 7.93. The standard InChI is InChI=1S/C16H20N2O3S/c19-16(17-12-14-2-3-14)9-6-13-4-7-15(8-5-13)18-10-1-11-22(18,20)21/h4-9,14H,1-3,10-12H2,(H,17,19)/b9-6+. The molecule has 1 N–H and O–H groups in total. The predicted octanol–water partition coefficient (Wildman–Crippen LogP) is 1.77. The van der Waals surface area contributed by atoms with Gasteiger partial charge in [0, 0.05) is 19.2 Å². The molecule has 3 rings (SSSR count). The van der Waals surface area contributed by atoms with E-state index in [1.54, 1.807) is 18.2 Å². The van der Waals surface area contributed by atoms with Crippen LogP contribution in [0.5, 0.6) is 0 Å². The van der Waals surface area contributed by atoms with E-state index < -0.39 is 10.0 Å². The first-order valence-corrected chi connectivity index (χ1v) is 9.22. The quantitative estimate of drug-likeness (QED) is 0.841. The molecule has 2 fully saturated rings. The zero-order valence-corrected chi connectivity index (χ0v) is 13.2. The van der Waals surface area contributed by atoms with Crippen LogP contribution in [-0.2, 0) is 14.8 Å². The van der Waals surface area contributed by atoms with Gasteiger partial charge in [-0.05, 0) is 49.0 Å². The molecule has 1 saturated carbocycles. The van der Waals surface area contributed by atoms with E-state index in [1.807, 2.05) is 12.1 Å². The van der Waals surface area contributed by atoms with Crippen LogP contribution in [-0.4, -0.2) is 33.2 Å². The maximum absolute atomic E-state index is 11.9. The number of benzene rings is 1. The Morgan fingerprint density at radius 2 is 2.00 bits per heavy atom. The van der Waals surface area contributed by atoms with Crippen LogP contribution in [0.15, 0.2) is 30.3 Å². The van der Waals surface area contributed by atoms with Gasteiger partial charge in [0.25, 0.3) is 0 Å². The van der Waals surface area contributed by atoms with E-state index in [-0.39, 0.29) is 11.7 Å². The van der Waals surface area contributed by atoms with Gasteiger partial charge < -0.3 is 5.32 Å². The number of amides is 1. The smallest absolute Gasteiger partial charge is 0.244 e. The fourth-order valence-corrected chi connectivity index (χ4v) is 4.04. The number of carbonyl (C=O) groups excluding carboxylic acids is 1. The number of hydrogen-bond acceptors (Lipinski definition) is 3. The fourth-order valence-electron chi connectivity index (χ4n) is 2.48. The summed E-state index contributed by atoms with van der Waals surface area (Å²) in [5.74, 6) is 0.799. The van der Waals surface area contributed by atoms with Crippen molar-refractivity contribution in [1.29, 1.82) is 0 Å². The second kappa shape index (κ2) is 6.12. The van der Waals surface area contributed by atoms with E-state index in [0.717, 1.165) is 12.1 Å². The second-order valence-corrected chi connectivity index (χ2v) is 7.87. The highest BCUT2D eigenvalue weighted by Crippen LogP contribution is 2.27. The summed E-state index contributed by atoms with van der Waals surface area (Å²) >= 11 is 0. The molecular formula is C16H20N2O3S. The van der Waals surface area contributed by atoms with Gasteiger partial charge in [0.2, 0.25) is 15.9 Å². The number of nitrogens with one attached hydrogen (secondary N) is 1. The maximum atomic E-state index is 11.9. The van der Waals surface area contributed by atoms with E-state index in [2.05, 4.69) is 5.32 Å². The lowest BCUT2D eigenvalue weighted by Crippen LogP contribution is -2.24. The van der Waals surface area contributed by atoms with Gasteiger partial charge in [-0.25, -0.2) is 8.42 Å². The molecule has 0 atom stereocenters. The number of rotatable bonds is 5. The van der Waals surface area contributed by atoms with Crippen molar-refractivity contribution in [2.24, 2.45) is 5.92 Å². The molecule has 1 heterocycles. The Kier molecular flexibility index (Phi) is 4.20. The van der Waals surface area contributed by atoms with Crippen molar-refractivity contribution in [2.75, 3.05) is 23.1 Å².